The second-order valence-electron chi connectivity index (χ2n) is 11.5. The van der Waals surface area contributed by atoms with Gasteiger partial charge in [0.1, 0.15) is 35.7 Å². The summed E-state index contributed by atoms with van der Waals surface area (Å²) in [5.74, 6) is -3.97. The summed E-state index contributed by atoms with van der Waals surface area (Å²) in [4.78, 5) is 20.6. The number of carbonyl (C=O) groups is 1. The lowest BCUT2D eigenvalue weighted by Gasteiger charge is -2.28. The summed E-state index contributed by atoms with van der Waals surface area (Å²) in [7, 11) is 0. The number of benzene rings is 3. The smallest absolute Gasteiger partial charge is 0.335 e. The topological polar surface area (TPSA) is 86.5 Å². The van der Waals surface area contributed by atoms with Crippen molar-refractivity contribution in [3.63, 3.8) is 0 Å². The van der Waals surface area contributed by atoms with Crippen LogP contribution in [0.15, 0.2) is 60.7 Å². The lowest BCUT2D eigenvalue weighted by atomic mass is 9.87. The fourth-order valence-corrected chi connectivity index (χ4v) is 5.71. The molecular formula is C33H26ClF4N3O4. The van der Waals surface area contributed by atoms with E-state index in [0.29, 0.717) is 30.1 Å². The van der Waals surface area contributed by atoms with E-state index in [-0.39, 0.29) is 56.7 Å². The van der Waals surface area contributed by atoms with E-state index >= 15 is 8.78 Å². The summed E-state index contributed by atoms with van der Waals surface area (Å²) < 4.78 is 72.5. The predicted octanol–water partition coefficient (Wildman–Crippen LogP) is 7.77. The zero-order valence-corrected chi connectivity index (χ0v) is 24.8. The molecule has 45 heavy (non-hydrogen) atoms. The number of carboxylic acids is 1. The molecule has 0 saturated carbocycles. The van der Waals surface area contributed by atoms with Crippen LogP contribution in [0.3, 0.4) is 0 Å². The average molecular weight is 640 g/mol. The van der Waals surface area contributed by atoms with Gasteiger partial charge < -0.3 is 19.1 Å². The van der Waals surface area contributed by atoms with Crippen LogP contribution in [0, 0.1) is 28.7 Å². The van der Waals surface area contributed by atoms with E-state index in [2.05, 4.69) is 9.97 Å². The van der Waals surface area contributed by atoms with Crippen molar-refractivity contribution < 1.29 is 36.9 Å². The van der Waals surface area contributed by atoms with Crippen LogP contribution in [0.1, 0.15) is 47.2 Å². The Morgan fingerprint density at radius 2 is 1.78 bits per heavy atom. The number of pyridine rings is 1. The molecule has 0 aliphatic carbocycles. The minimum absolute atomic E-state index is 0.0316. The van der Waals surface area contributed by atoms with Crippen molar-refractivity contribution in [2.75, 3.05) is 13.2 Å². The Morgan fingerprint density at radius 1 is 1.02 bits per heavy atom. The molecule has 0 spiro atoms. The molecule has 1 atom stereocenters. The molecule has 12 heteroatoms. The molecule has 0 amide bonds. The molecule has 1 N–H and O–H groups in total. The summed E-state index contributed by atoms with van der Waals surface area (Å²) >= 11 is 5.67. The molecule has 3 heterocycles. The molecule has 232 valence electrons. The molecule has 1 aliphatic heterocycles. The van der Waals surface area contributed by atoms with Crippen LogP contribution >= 0.6 is 11.6 Å². The third-order valence-corrected chi connectivity index (χ3v) is 8.15. The van der Waals surface area contributed by atoms with Gasteiger partial charge in [0.05, 0.1) is 47.1 Å². The number of halogens is 5. The molecular weight excluding hydrogens is 614 g/mol. The van der Waals surface area contributed by atoms with Crippen molar-refractivity contribution in [2.24, 2.45) is 5.41 Å². The van der Waals surface area contributed by atoms with Crippen molar-refractivity contribution in [1.29, 1.82) is 0 Å². The van der Waals surface area contributed by atoms with Crippen LogP contribution in [0.5, 0.6) is 5.88 Å². The van der Waals surface area contributed by atoms with E-state index in [1.54, 1.807) is 6.07 Å². The van der Waals surface area contributed by atoms with Crippen LogP contribution in [-0.4, -0.2) is 38.8 Å². The highest BCUT2D eigenvalue weighted by Crippen LogP contribution is 2.40. The number of nitrogens with zero attached hydrogens (tertiary/aromatic N) is 3. The van der Waals surface area contributed by atoms with Crippen LogP contribution < -0.4 is 4.74 Å². The van der Waals surface area contributed by atoms with Gasteiger partial charge in [0.25, 0.3) is 0 Å². The third-order valence-electron chi connectivity index (χ3n) is 7.93. The van der Waals surface area contributed by atoms with Gasteiger partial charge in [0, 0.05) is 28.5 Å². The highest BCUT2D eigenvalue weighted by atomic mass is 35.5. The van der Waals surface area contributed by atoms with Crippen molar-refractivity contribution in [3.8, 4) is 17.1 Å². The second kappa shape index (κ2) is 11.8. The lowest BCUT2D eigenvalue weighted by Crippen LogP contribution is -2.27. The zero-order chi connectivity index (χ0) is 32.0. The number of fused-ring (bicyclic) bond motifs is 1. The second-order valence-corrected chi connectivity index (χ2v) is 12.0. The van der Waals surface area contributed by atoms with Crippen molar-refractivity contribution in [1.82, 2.24) is 14.5 Å². The maximum absolute atomic E-state index is 15.6. The van der Waals surface area contributed by atoms with E-state index in [4.69, 9.17) is 21.1 Å². The molecule has 1 fully saturated rings. The van der Waals surface area contributed by atoms with Gasteiger partial charge in [-0.3, -0.25) is 0 Å². The Hall–Kier alpha value is -4.48. The molecule has 1 unspecified atom stereocenters. The number of ether oxygens (including phenoxy) is 2. The van der Waals surface area contributed by atoms with Gasteiger partial charge in [-0.1, -0.05) is 31.5 Å². The molecule has 1 aliphatic rings. The minimum atomic E-state index is -1.09. The van der Waals surface area contributed by atoms with Crippen LogP contribution in [-0.2, 0) is 17.8 Å². The quantitative estimate of drug-likeness (QED) is 0.175. The lowest BCUT2D eigenvalue weighted by molar-refractivity contribution is 0.0697. The summed E-state index contributed by atoms with van der Waals surface area (Å²) in [5.41, 5.74) is 0.408. The molecule has 6 rings (SSSR count). The Balaban J connectivity index is 1.31. The third kappa shape index (κ3) is 5.97. The SMILES string of the molecule is CC1(C)COCC1n1c(Cc2cc(F)c(-c3cccc(OCc4c(F)cc(Cl)cc4F)n3)cc2F)nc2ccc(C(=O)O)cc21. The largest absolute Gasteiger partial charge is 0.478 e. The van der Waals surface area contributed by atoms with E-state index in [1.165, 1.54) is 30.3 Å². The summed E-state index contributed by atoms with van der Waals surface area (Å²) in [6, 6.07) is 12.7. The first-order chi connectivity index (χ1) is 21.4. The van der Waals surface area contributed by atoms with Crippen LogP contribution in [0.2, 0.25) is 5.02 Å². The van der Waals surface area contributed by atoms with E-state index < -0.39 is 35.8 Å². The molecule has 0 bridgehead atoms. The standard InChI is InChI=1S/C33H26ClF4N3O4/c1-33(2)16-44-15-29(33)41-28-9-17(32(42)43)6-7-27(28)39-30(41)10-18-8-23(36)20(13-22(18)35)26-4-3-5-31(40-26)45-14-21-24(37)11-19(34)12-25(21)38/h3-9,11-13,29H,10,14-16H2,1-2H3,(H,42,43). The maximum Gasteiger partial charge on any atom is 0.335 e. The number of hydrogen-bond donors (Lipinski definition) is 1. The fourth-order valence-electron chi connectivity index (χ4n) is 5.52. The Kier molecular flexibility index (Phi) is 8.00. The first-order valence-corrected chi connectivity index (χ1v) is 14.3. The van der Waals surface area contributed by atoms with Crippen molar-refractivity contribution >= 4 is 28.6 Å². The Labute approximate surface area is 260 Å². The fraction of sp³-hybridized carbons (Fsp3) is 0.242. The normalized spacial score (nSPS) is 15.9. The molecule has 3 aromatic carbocycles. The number of imidazole rings is 1. The van der Waals surface area contributed by atoms with Gasteiger partial charge in [0.15, 0.2) is 0 Å². The summed E-state index contributed by atoms with van der Waals surface area (Å²) in [6.07, 6.45) is -0.0818. The van der Waals surface area contributed by atoms with Gasteiger partial charge in [-0.15, -0.1) is 0 Å². The summed E-state index contributed by atoms with van der Waals surface area (Å²) in [6.45, 7) is 4.35. The van der Waals surface area contributed by atoms with Gasteiger partial charge >= 0.3 is 5.97 Å². The molecule has 7 nitrogen and oxygen atoms in total. The van der Waals surface area contributed by atoms with Gasteiger partial charge in [-0.25, -0.2) is 32.3 Å². The molecule has 5 aromatic rings. The van der Waals surface area contributed by atoms with Crippen LogP contribution in [0.25, 0.3) is 22.3 Å². The number of carboxylic acid groups (broad SMARTS) is 1. The molecule has 1 saturated heterocycles. The van der Waals surface area contributed by atoms with E-state index in [0.717, 1.165) is 24.3 Å². The van der Waals surface area contributed by atoms with Gasteiger partial charge in [0.2, 0.25) is 5.88 Å². The average Bonchev–Trinajstić information content (AvgIpc) is 3.51. The molecule has 0 radical (unpaired) electrons. The van der Waals surface area contributed by atoms with Crippen LogP contribution in [0.4, 0.5) is 17.6 Å². The first kappa shape index (κ1) is 30.5. The van der Waals surface area contributed by atoms with Gasteiger partial charge in [-0.05, 0) is 54.1 Å². The van der Waals surface area contributed by atoms with Gasteiger partial charge in [-0.2, -0.15) is 0 Å². The predicted molar refractivity (Wildman–Crippen MR) is 158 cm³/mol. The van der Waals surface area contributed by atoms with Crippen molar-refractivity contribution in [2.45, 2.75) is 32.9 Å². The highest BCUT2D eigenvalue weighted by Gasteiger charge is 2.39. The number of aromatic carboxylic acids is 1. The van der Waals surface area contributed by atoms with E-state index in [1.807, 2.05) is 18.4 Å². The summed E-state index contributed by atoms with van der Waals surface area (Å²) in [5, 5.41) is 9.47. The Morgan fingerprint density at radius 3 is 2.47 bits per heavy atom. The number of hydrogen-bond acceptors (Lipinski definition) is 5. The maximum atomic E-state index is 15.6. The minimum Gasteiger partial charge on any atom is -0.478 e. The number of aromatic nitrogens is 3. The van der Waals surface area contributed by atoms with E-state index in [9.17, 15) is 18.7 Å². The zero-order valence-electron chi connectivity index (χ0n) is 24.1. The monoisotopic (exact) mass is 639 g/mol. The van der Waals surface area contributed by atoms with Crippen molar-refractivity contribution in [3.05, 3.63) is 111 Å². The molecule has 2 aromatic heterocycles. The Bertz CT molecular complexity index is 1940. The first-order valence-electron chi connectivity index (χ1n) is 13.9. The number of rotatable bonds is 8. The highest BCUT2D eigenvalue weighted by molar-refractivity contribution is 6.30.